The summed E-state index contributed by atoms with van der Waals surface area (Å²) in [5.41, 5.74) is 2.30. The number of amides is 2. The number of anilines is 1. The fraction of sp³-hybridized carbons (Fsp3) is 0.0385. The SMILES string of the molecule is Cn1c(/C=C2/C(=O)NC(=S)N(c3ccc(Oc4ccccc4)cc3)C2=O)cc2ccccc21. The van der Waals surface area contributed by atoms with E-state index in [1.165, 1.54) is 4.90 Å². The molecule has 1 aliphatic rings. The topological polar surface area (TPSA) is 63.6 Å². The number of rotatable bonds is 4. The van der Waals surface area contributed by atoms with Gasteiger partial charge in [-0.2, -0.15) is 0 Å². The van der Waals surface area contributed by atoms with E-state index in [0.717, 1.165) is 16.6 Å². The summed E-state index contributed by atoms with van der Waals surface area (Å²) in [4.78, 5) is 27.3. The van der Waals surface area contributed by atoms with Crippen molar-refractivity contribution < 1.29 is 14.3 Å². The third kappa shape index (κ3) is 3.90. The molecule has 0 radical (unpaired) electrons. The van der Waals surface area contributed by atoms with E-state index in [0.29, 0.717) is 17.2 Å². The minimum absolute atomic E-state index is 0.0131. The molecule has 7 heteroatoms. The molecule has 0 bridgehead atoms. The standard InChI is InChI=1S/C26H19N3O3S/c1-28-19(15-17-7-5-6-10-23(17)28)16-22-24(30)27-26(33)29(25(22)31)18-11-13-21(14-12-18)32-20-8-3-2-4-9-20/h2-16H,1H3,(H,27,30,33)/b22-16-. The van der Waals surface area contributed by atoms with E-state index >= 15 is 0 Å². The average Bonchev–Trinajstić information content (AvgIpc) is 3.14. The molecule has 0 aliphatic carbocycles. The lowest BCUT2D eigenvalue weighted by atomic mass is 10.1. The highest BCUT2D eigenvalue weighted by Crippen LogP contribution is 2.28. The summed E-state index contributed by atoms with van der Waals surface area (Å²) in [5.74, 6) is 0.333. The summed E-state index contributed by atoms with van der Waals surface area (Å²) in [6, 6.07) is 26.2. The number of thiocarbonyl (C=S) groups is 1. The minimum Gasteiger partial charge on any atom is -0.457 e. The second-order valence-electron chi connectivity index (χ2n) is 7.55. The van der Waals surface area contributed by atoms with Gasteiger partial charge >= 0.3 is 0 Å². The van der Waals surface area contributed by atoms with E-state index in [2.05, 4.69) is 5.32 Å². The normalized spacial score (nSPS) is 15.2. The van der Waals surface area contributed by atoms with Gasteiger partial charge in [0, 0.05) is 23.6 Å². The predicted octanol–water partition coefficient (Wildman–Crippen LogP) is 4.80. The second-order valence-corrected chi connectivity index (χ2v) is 7.94. The van der Waals surface area contributed by atoms with Crippen LogP contribution in [0.4, 0.5) is 5.69 Å². The van der Waals surface area contributed by atoms with Gasteiger partial charge in [-0.1, -0.05) is 36.4 Å². The first-order valence-corrected chi connectivity index (χ1v) is 10.7. The molecule has 1 N–H and O–H groups in total. The molecule has 6 nitrogen and oxygen atoms in total. The fourth-order valence-electron chi connectivity index (χ4n) is 3.78. The molecule has 1 fully saturated rings. The summed E-state index contributed by atoms with van der Waals surface area (Å²) in [5, 5.41) is 3.69. The van der Waals surface area contributed by atoms with Crippen molar-refractivity contribution >= 4 is 51.8 Å². The van der Waals surface area contributed by atoms with Gasteiger partial charge in [-0.25, -0.2) is 0 Å². The Morgan fingerprint density at radius 2 is 1.55 bits per heavy atom. The lowest BCUT2D eigenvalue weighted by Crippen LogP contribution is -2.54. The molecule has 2 amide bonds. The molecule has 0 atom stereocenters. The van der Waals surface area contributed by atoms with Gasteiger partial charge in [0.25, 0.3) is 11.8 Å². The van der Waals surface area contributed by atoms with Crippen LogP contribution in [-0.2, 0) is 16.6 Å². The van der Waals surface area contributed by atoms with Crippen molar-refractivity contribution in [2.75, 3.05) is 4.90 Å². The van der Waals surface area contributed by atoms with Crippen LogP contribution < -0.4 is 15.0 Å². The Balaban J connectivity index is 1.45. The number of nitrogens with zero attached hydrogens (tertiary/aromatic N) is 2. The number of aryl methyl sites for hydroxylation is 1. The third-order valence-corrected chi connectivity index (χ3v) is 5.74. The van der Waals surface area contributed by atoms with Crippen LogP contribution in [0.15, 0.2) is 90.5 Å². The maximum Gasteiger partial charge on any atom is 0.270 e. The molecule has 0 spiro atoms. The van der Waals surface area contributed by atoms with Gasteiger partial charge in [0.05, 0.1) is 5.69 Å². The van der Waals surface area contributed by atoms with E-state index < -0.39 is 11.8 Å². The van der Waals surface area contributed by atoms with Crippen molar-refractivity contribution in [3.05, 3.63) is 96.2 Å². The zero-order valence-electron chi connectivity index (χ0n) is 17.7. The molecule has 5 rings (SSSR count). The number of aromatic nitrogens is 1. The van der Waals surface area contributed by atoms with Gasteiger partial charge in [0.15, 0.2) is 5.11 Å². The molecule has 2 heterocycles. The molecule has 162 valence electrons. The average molecular weight is 454 g/mol. The van der Waals surface area contributed by atoms with Crippen LogP contribution in [0.25, 0.3) is 17.0 Å². The number of carbonyl (C=O) groups is 2. The molecule has 3 aromatic carbocycles. The summed E-state index contributed by atoms with van der Waals surface area (Å²) in [6.45, 7) is 0. The Bertz CT molecular complexity index is 1420. The van der Waals surface area contributed by atoms with Crippen LogP contribution in [-0.4, -0.2) is 21.5 Å². The number of fused-ring (bicyclic) bond motifs is 1. The second kappa shape index (κ2) is 8.37. The smallest absolute Gasteiger partial charge is 0.270 e. The minimum atomic E-state index is -0.518. The van der Waals surface area contributed by atoms with Gasteiger partial charge < -0.3 is 9.30 Å². The van der Waals surface area contributed by atoms with Gasteiger partial charge in [-0.05, 0) is 66.8 Å². The van der Waals surface area contributed by atoms with Crippen molar-refractivity contribution in [2.24, 2.45) is 7.05 Å². The first kappa shape index (κ1) is 20.7. The Hall–Kier alpha value is -4.23. The number of para-hydroxylation sites is 2. The summed E-state index contributed by atoms with van der Waals surface area (Å²) in [6.07, 6.45) is 1.60. The van der Waals surface area contributed by atoms with Crippen molar-refractivity contribution in [1.29, 1.82) is 0 Å². The van der Waals surface area contributed by atoms with Gasteiger partial charge in [0.1, 0.15) is 17.1 Å². The fourth-order valence-corrected chi connectivity index (χ4v) is 4.06. The van der Waals surface area contributed by atoms with E-state index in [1.54, 1.807) is 30.3 Å². The number of ether oxygens (including phenoxy) is 1. The quantitative estimate of drug-likeness (QED) is 0.274. The highest BCUT2D eigenvalue weighted by molar-refractivity contribution is 7.80. The molecule has 1 aromatic heterocycles. The van der Waals surface area contributed by atoms with Crippen molar-refractivity contribution in [2.45, 2.75) is 0 Å². The zero-order chi connectivity index (χ0) is 22.9. The predicted molar refractivity (Wildman–Crippen MR) is 132 cm³/mol. The Morgan fingerprint density at radius 3 is 2.27 bits per heavy atom. The number of benzene rings is 3. The van der Waals surface area contributed by atoms with E-state index in [-0.39, 0.29) is 10.7 Å². The van der Waals surface area contributed by atoms with Crippen LogP contribution in [0.3, 0.4) is 0 Å². The van der Waals surface area contributed by atoms with Gasteiger partial charge in [-0.15, -0.1) is 0 Å². The zero-order valence-corrected chi connectivity index (χ0v) is 18.5. The molecular weight excluding hydrogens is 434 g/mol. The molecule has 33 heavy (non-hydrogen) atoms. The monoisotopic (exact) mass is 453 g/mol. The maximum absolute atomic E-state index is 13.3. The number of carbonyl (C=O) groups excluding carboxylic acids is 2. The van der Waals surface area contributed by atoms with Crippen LogP contribution in [0.1, 0.15) is 5.69 Å². The molecule has 1 saturated heterocycles. The number of nitrogens with one attached hydrogen (secondary N) is 1. The molecule has 1 aliphatic heterocycles. The molecule has 0 unspecified atom stereocenters. The lowest BCUT2D eigenvalue weighted by molar-refractivity contribution is -0.122. The lowest BCUT2D eigenvalue weighted by Gasteiger charge is -2.29. The van der Waals surface area contributed by atoms with Crippen molar-refractivity contribution in [1.82, 2.24) is 9.88 Å². The highest BCUT2D eigenvalue weighted by Gasteiger charge is 2.34. The largest absolute Gasteiger partial charge is 0.457 e. The molecule has 0 saturated carbocycles. The molecular formula is C26H19N3O3S. The number of hydrogen-bond donors (Lipinski definition) is 1. The van der Waals surface area contributed by atoms with Crippen LogP contribution >= 0.6 is 12.2 Å². The first-order valence-electron chi connectivity index (χ1n) is 10.3. The summed E-state index contributed by atoms with van der Waals surface area (Å²) < 4.78 is 7.75. The van der Waals surface area contributed by atoms with Gasteiger partial charge in [-0.3, -0.25) is 19.8 Å². The van der Waals surface area contributed by atoms with Crippen LogP contribution in [0, 0.1) is 0 Å². The highest BCUT2D eigenvalue weighted by atomic mass is 32.1. The summed E-state index contributed by atoms with van der Waals surface area (Å²) in [7, 11) is 1.90. The first-order chi connectivity index (χ1) is 16.0. The van der Waals surface area contributed by atoms with Crippen molar-refractivity contribution in [3.63, 3.8) is 0 Å². The number of hydrogen-bond acceptors (Lipinski definition) is 4. The van der Waals surface area contributed by atoms with Crippen LogP contribution in [0.2, 0.25) is 0 Å². The van der Waals surface area contributed by atoms with E-state index in [1.807, 2.05) is 72.3 Å². The molecule has 4 aromatic rings. The summed E-state index contributed by atoms with van der Waals surface area (Å²) >= 11 is 5.31. The Morgan fingerprint density at radius 1 is 0.879 bits per heavy atom. The van der Waals surface area contributed by atoms with E-state index in [9.17, 15) is 9.59 Å². The Kier molecular flexibility index (Phi) is 5.24. The van der Waals surface area contributed by atoms with Crippen LogP contribution in [0.5, 0.6) is 11.5 Å². The van der Waals surface area contributed by atoms with E-state index in [4.69, 9.17) is 17.0 Å². The van der Waals surface area contributed by atoms with Gasteiger partial charge in [0.2, 0.25) is 0 Å². The Labute approximate surface area is 195 Å². The van der Waals surface area contributed by atoms with Crippen molar-refractivity contribution in [3.8, 4) is 11.5 Å². The maximum atomic E-state index is 13.3. The third-order valence-electron chi connectivity index (χ3n) is 5.46.